The van der Waals surface area contributed by atoms with Gasteiger partial charge >= 0.3 is 0 Å². The molecule has 1 aromatic heterocycles. The fourth-order valence-electron chi connectivity index (χ4n) is 1.27. The number of carbonyl (C=O) groups excluding carboxylic acids is 1. The number of allylic oxidation sites excluding steroid dienone is 1. The Kier molecular flexibility index (Phi) is 8.27. The highest BCUT2D eigenvalue weighted by atomic mass is 16.1. The van der Waals surface area contributed by atoms with Gasteiger partial charge in [0.05, 0.1) is 16.9 Å². The molecule has 0 aliphatic rings. The van der Waals surface area contributed by atoms with E-state index in [0.717, 1.165) is 17.9 Å². The van der Waals surface area contributed by atoms with Crippen molar-refractivity contribution in [2.24, 2.45) is 0 Å². The molecule has 0 spiro atoms. The van der Waals surface area contributed by atoms with Gasteiger partial charge in [-0.3, -0.25) is 9.78 Å². The molecular formula is C14H27N3O. The molecule has 4 heteroatoms. The molecule has 1 aromatic rings. The molecule has 0 aliphatic heterocycles. The molecular weight excluding hydrogens is 226 g/mol. The van der Waals surface area contributed by atoms with E-state index in [1.54, 1.807) is 13.2 Å². The number of hydrogen-bond acceptors (Lipinski definition) is 3. The van der Waals surface area contributed by atoms with E-state index in [1.165, 1.54) is 0 Å². The fraction of sp³-hybridized carbons (Fsp3) is 0.429. The van der Waals surface area contributed by atoms with Crippen LogP contribution >= 0.6 is 0 Å². The molecule has 104 valence electrons. The number of aromatic nitrogens is 1. The lowest BCUT2D eigenvalue weighted by atomic mass is 10.2. The van der Waals surface area contributed by atoms with Crippen LogP contribution in [0.1, 0.15) is 39.7 Å². The van der Waals surface area contributed by atoms with Gasteiger partial charge in [-0.2, -0.15) is 0 Å². The molecule has 0 unspecified atom stereocenters. The normalized spacial score (nSPS) is 9.61. The molecule has 4 nitrogen and oxygen atoms in total. The number of aryl methyl sites for hydroxylation is 1. The number of nitrogens with one attached hydrogen (secondary N) is 2. The molecule has 0 radical (unpaired) electrons. The molecule has 18 heavy (non-hydrogen) atoms. The summed E-state index contributed by atoms with van der Waals surface area (Å²) in [6.45, 7) is 8.61. The Bertz CT molecular complexity index is 409. The van der Waals surface area contributed by atoms with E-state index in [4.69, 9.17) is 0 Å². The zero-order valence-corrected chi connectivity index (χ0v) is 11.9. The highest BCUT2D eigenvalue weighted by Crippen LogP contribution is 2.13. The third-order valence-corrected chi connectivity index (χ3v) is 2.22. The number of nitrogens with zero attached hydrogens (tertiary/aromatic N) is 1. The van der Waals surface area contributed by atoms with Crippen molar-refractivity contribution >= 4 is 11.6 Å². The van der Waals surface area contributed by atoms with Crippen molar-refractivity contribution in [2.75, 3.05) is 18.9 Å². The maximum Gasteiger partial charge on any atom is 0.252 e. The van der Waals surface area contributed by atoms with Crippen LogP contribution in [-0.2, 0) is 0 Å². The van der Waals surface area contributed by atoms with Gasteiger partial charge in [-0.1, -0.05) is 26.0 Å². The van der Waals surface area contributed by atoms with E-state index in [1.807, 2.05) is 45.9 Å². The second kappa shape index (κ2) is 9.22. The zero-order valence-electron chi connectivity index (χ0n) is 11.9. The van der Waals surface area contributed by atoms with Crippen LogP contribution < -0.4 is 10.6 Å². The Morgan fingerprint density at radius 2 is 2.17 bits per heavy atom. The molecule has 1 rings (SSSR count). The van der Waals surface area contributed by atoms with Crippen molar-refractivity contribution < 1.29 is 7.65 Å². The van der Waals surface area contributed by atoms with Crippen LogP contribution in [0.5, 0.6) is 0 Å². The number of hydrogen-bond donors (Lipinski definition) is 2. The SMILES string of the molecule is C/C=C/CNc1cc(C(=O)NC)cnc1C.CC.[HH].[HH]. The number of pyridine rings is 1. The number of anilines is 1. The van der Waals surface area contributed by atoms with Gasteiger partial charge in [0, 0.05) is 22.6 Å². The summed E-state index contributed by atoms with van der Waals surface area (Å²) in [5.74, 6) is -0.124. The summed E-state index contributed by atoms with van der Waals surface area (Å²) in [5, 5.41) is 5.78. The van der Waals surface area contributed by atoms with Gasteiger partial charge in [0.15, 0.2) is 0 Å². The van der Waals surface area contributed by atoms with Crippen LogP contribution in [-0.4, -0.2) is 24.5 Å². The molecule has 0 fully saturated rings. The first-order valence-electron chi connectivity index (χ1n) is 6.22. The van der Waals surface area contributed by atoms with Crippen molar-refractivity contribution in [3.05, 3.63) is 35.7 Å². The lowest BCUT2D eigenvalue weighted by Gasteiger charge is -2.08. The molecule has 1 amide bonds. The Balaban J connectivity index is -0.000000689. The minimum atomic E-state index is -0.124. The third kappa shape index (κ3) is 4.99. The Hall–Kier alpha value is -1.84. The van der Waals surface area contributed by atoms with E-state index < -0.39 is 0 Å². The topological polar surface area (TPSA) is 54.0 Å². The number of carbonyl (C=O) groups is 1. The second-order valence-electron chi connectivity index (χ2n) is 3.39. The molecule has 0 aliphatic carbocycles. The highest BCUT2D eigenvalue weighted by molar-refractivity contribution is 5.94. The van der Waals surface area contributed by atoms with Crippen molar-refractivity contribution in [2.45, 2.75) is 27.7 Å². The largest absolute Gasteiger partial charge is 0.380 e. The summed E-state index contributed by atoms with van der Waals surface area (Å²) in [6, 6.07) is 1.81. The predicted octanol–water partition coefficient (Wildman–Crippen LogP) is 3.26. The van der Waals surface area contributed by atoms with Crippen molar-refractivity contribution in [3.8, 4) is 0 Å². The van der Waals surface area contributed by atoms with E-state index in [0.29, 0.717) is 5.56 Å². The molecule has 0 saturated heterocycles. The van der Waals surface area contributed by atoms with Gasteiger partial charge in [0.2, 0.25) is 0 Å². The van der Waals surface area contributed by atoms with Crippen LogP contribution in [0.15, 0.2) is 24.4 Å². The summed E-state index contributed by atoms with van der Waals surface area (Å²) in [4.78, 5) is 15.6. The fourth-order valence-corrected chi connectivity index (χ4v) is 1.27. The average Bonchev–Trinajstić information content (AvgIpc) is 2.42. The molecule has 0 atom stereocenters. The minimum absolute atomic E-state index is 0. The van der Waals surface area contributed by atoms with Gasteiger partial charge in [0.25, 0.3) is 5.91 Å². The molecule has 1 heterocycles. The average molecular weight is 253 g/mol. The van der Waals surface area contributed by atoms with E-state index >= 15 is 0 Å². The standard InChI is InChI=1S/C12H17N3O.C2H6.2H2/c1-4-5-6-14-11-7-10(12(16)13-3)8-15-9(11)2;1-2;;/h4-5,7-8,14H,6H2,1-3H3,(H,13,16);1-2H3;2*1H/b5-4+;;;. The summed E-state index contributed by atoms with van der Waals surface area (Å²) in [6.07, 6.45) is 5.55. The molecule has 2 N–H and O–H groups in total. The Morgan fingerprint density at radius 3 is 2.72 bits per heavy atom. The third-order valence-electron chi connectivity index (χ3n) is 2.22. The van der Waals surface area contributed by atoms with Gasteiger partial charge in [-0.25, -0.2) is 0 Å². The first kappa shape index (κ1) is 16.2. The van der Waals surface area contributed by atoms with Crippen molar-refractivity contribution in [1.82, 2.24) is 10.3 Å². The minimum Gasteiger partial charge on any atom is -0.380 e. The Labute approximate surface area is 112 Å². The summed E-state index contributed by atoms with van der Waals surface area (Å²) in [7, 11) is 1.61. The van der Waals surface area contributed by atoms with E-state index in [-0.39, 0.29) is 8.76 Å². The first-order valence-corrected chi connectivity index (χ1v) is 6.22. The van der Waals surface area contributed by atoms with Crippen LogP contribution in [0.2, 0.25) is 0 Å². The number of rotatable bonds is 4. The van der Waals surface area contributed by atoms with Crippen LogP contribution in [0.4, 0.5) is 5.69 Å². The van der Waals surface area contributed by atoms with E-state index in [2.05, 4.69) is 15.6 Å². The first-order chi connectivity index (χ1) is 8.69. The molecule has 0 aromatic carbocycles. The number of amides is 1. The maximum absolute atomic E-state index is 11.4. The zero-order chi connectivity index (χ0) is 14.0. The molecule has 0 bridgehead atoms. The second-order valence-corrected chi connectivity index (χ2v) is 3.39. The summed E-state index contributed by atoms with van der Waals surface area (Å²) < 4.78 is 0. The smallest absolute Gasteiger partial charge is 0.252 e. The lowest BCUT2D eigenvalue weighted by Crippen LogP contribution is -2.18. The van der Waals surface area contributed by atoms with Crippen molar-refractivity contribution in [3.63, 3.8) is 0 Å². The quantitative estimate of drug-likeness (QED) is 0.810. The molecule has 0 saturated carbocycles. The lowest BCUT2D eigenvalue weighted by molar-refractivity contribution is 0.0963. The maximum atomic E-state index is 11.4. The summed E-state index contributed by atoms with van der Waals surface area (Å²) >= 11 is 0. The van der Waals surface area contributed by atoms with Gasteiger partial charge in [0.1, 0.15) is 0 Å². The van der Waals surface area contributed by atoms with Gasteiger partial charge in [-0.05, 0) is 19.9 Å². The van der Waals surface area contributed by atoms with Gasteiger partial charge in [-0.15, -0.1) is 0 Å². The van der Waals surface area contributed by atoms with Crippen LogP contribution in [0, 0.1) is 6.92 Å². The van der Waals surface area contributed by atoms with Crippen LogP contribution in [0.3, 0.4) is 0 Å². The monoisotopic (exact) mass is 253 g/mol. The van der Waals surface area contributed by atoms with E-state index in [9.17, 15) is 4.79 Å². The highest BCUT2D eigenvalue weighted by Gasteiger charge is 2.06. The predicted molar refractivity (Wildman–Crippen MR) is 81.2 cm³/mol. The van der Waals surface area contributed by atoms with Gasteiger partial charge < -0.3 is 10.6 Å². The summed E-state index contributed by atoms with van der Waals surface area (Å²) in [5.41, 5.74) is 2.34. The Morgan fingerprint density at radius 1 is 1.50 bits per heavy atom. The van der Waals surface area contributed by atoms with Crippen molar-refractivity contribution in [1.29, 1.82) is 0 Å². The van der Waals surface area contributed by atoms with Crippen LogP contribution in [0.25, 0.3) is 0 Å².